The molecule has 92 valence electrons. The molecule has 16 heavy (non-hydrogen) atoms. The van der Waals surface area contributed by atoms with Crippen molar-refractivity contribution in [1.29, 1.82) is 0 Å². The molecule has 0 spiro atoms. The van der Waals surface area contributed by atoms with E-state index < -0.39 is 0 Å². The second kappa shape index (κ2) is 4.30. The highest BCUT2D eigenvalue weighted by atomic mass is 16.3. The summed E-state index contributed by atoms with van der Waals surface area (Å²) in [5, 5.41) is 8.99. The first kappa shape index (κ1) is 11.0. The monoisotopic (exact) mass is 223 g/mol. The first-order valence-corrected chi connectivity index (χ1v) is 7.12. The highest BCUT2D eigenvalue weighted by molar-refractivity contribution is 4.98. The van der Waals surface area contributed by atoms with Crippen molar-refractivity contribution in [3.63, 3.8) is 0 Å². The van der Waals surface area contributed by atoms with Gasteiger partial charge in [0.1, 0.15) is 0 Å². The van der Waals surface area contributed by atoms with Crippen molar-refractivity contribution in [3.05, 3.63) is 0 Å². The minimum Gasteiger partial charge on any atom is -0.395 e. The molecule has 4 aliphatic carbocycles. The number of aliphatic hydroxyl groups excluding tert-OH is 1. The molecular weight excluding hydrogens is 198 g/mol. The van der Waals surface area contributed by atoms with E-state index in [4.69, 9.17) is 10.8 Å². The van der Waals surface area contributed by atoms with Gasteiger partial charge in [0.15, 0.2) is 0 Å². The second-order valence-electron chi connectivity index (χ2n) is 6.61. The fourth-order valence-corrected chi connectivity index (χ4v) is 5.01. The maximum atomic E-state index is 8.99. The van der Waals surface area contributed by atoms with Gasteiger partial charge in [-0.3, -0.25) is 0 Å². The van der Waals surface area contributed by atoms with Crippen LogP contribution in [0.2, 0.25) is 0 Å². The van der Waals surface area contributed by atoms with E-state index in [1.54, 1.807) is 0 Å². The number of hydrogen-bond donors (Lipinski definition) is 2. The van der Waals surface area contributed by atoms with Gasteiger partial charge in [-0.05, 0) is 74.5 Å². The molecule has 4 fully saturated rings. The van der Waals surface area contributed by atoms with E-state index in [2.05, 4.69) is 0 Å². The third kappa shape index (κ3) is 1.91. The Morgan fingerprint density at radius 1 is 1.00 bits per heavy atom. The van der Waals surface area contributed by atoms with Gasteiger partial charge >= 0.3 is 0 Å². The Morgan fingerprint density at radius 2 is 1.56 bits per heavy atom. The Hall–Kier alpha value is -0.0800. The Labute approximate surface area is 98.6 Å². The molecule has 0 heterocycles. The van der Waals surface area contributed by atoms with Crippen LogP contribution in [0, 0.1) is 29.6 Å². The predicted molar refractivity (Wildman–Crippen MR) is 64.8 cm³/mol. The largest absolute Gasteiger partial charge is 0.395 e. The van der Waals surface area contributed by atoms with Crippen LogP contribution in [0.5, 0.6) is 0 Å². The van der Waals surface area contributed by atoms with Crippen LogP contribution in [-0.2, 0) is 0 Å². The van der Waals surface area contributed by atoms with Crippen LogP contribution in [0.15, 0.2) is 0 Å². The highest BCUT2D eigenvalue weighted by Gasteiger charge is 2.47. The normalized spacial score (nSPS) is 47.2. The van der Waals surface area contributed by atoms with Crippen LogP contribution >= 0.6 is 0 Å². The van der Waals surface area contributed by atoms with E-state index in [1.807, 2.05) is 0 Å². The van der Waals surface area contributed by atoms with Crippen molar-refractivity contribution in [1.82, 2.24) is 0 Å². The maximum absolute atomic E-state index is 8.99. The maximum Gasteiger partial charge on any atom is 0.0582 e. The molecule has 4 rings (SSSR count). The zero-order valence-corrected chi connectivity index (χ0v) is 10.1. The molecule has 0 aromatic carbocycles. The average molecular weight is 223 g/mol. The summed E-state index contributed by atoms with van der Waals surface area (Å²) in [6.45, 7) is 0.160. The summed E-state index contributed by atoms with van der Waals surface area (Å²) in [6.07, 6.45) is 9.87. The van der Waals surface area contributed by atoms with Crippen molar-refractivity contribution in [2.45, 2.75) is 51.0 Å². The van der Waals surface area contributed by atoms with Crippen LogP contribution in [0.3, 0.4) is 0 Å². The van der Waals surface area contributed by atoms with E-state index in [1.165, 1.54) is 38.5 Å². The molecule has 1 atom stereocenters. The van der Waals surface area contributed by atoms with Crippen molar-refractivity contribution >= 4 is 0 Å². The van der Waals surface area contributed by atoms with Gasteiger partial charge in [0.25, 0.3) is 0 Å². The van der Waals surface area contributed by atoms with Crippen LogP contribution in [0.25, 0.3) is 0 Å². The highest BCUT2D eigenvalue weighted by Crippen LogP contribution is 2.57. The molecule has 3 N–H and O–H groups in total. The molecule has 2 heteroatoms. The lowest BCUT2D eigenvalue weighted by Crippen LogP contribution is -2.45. The van der Waals surface area contributed by atoms with Gasteiger partial charge in [-0.1, -0.05) is 0 Å². The number of rotatable bonds is 4. The fraction of sp³-hybridized carbons (Fsp3) is 1.00. The molecule has 0 saturated heterocycles. The number of nitrogens with two attached hydrogens (primary N) is 1. The van der Waals surface area contributed by atoms with E-state index in [-0.39, 0.29) is 12.6 Å². The van der Waals surface area contributed by atoms with Crippen molar-refractivity contribution in [2.75, 3.05) is 6.61 Å². The molecule has 1 unspecified atom stereocenters. The summed E-state index contributed by atoms with van der Waals surface area (Å²) in [6, 6.07) is 0.0252. The summed E-state index contributed by atoms with van der Waals surface area (Å²) in [5.41, 5.74) is 5.83. The fourth-order valence-electron chi connectivity index (χ4n) is 5.01. The molecule has 0 aromatic heterocycles. The van der Waals surface area contributed by atoms with Crippen molar-refractivity contribution < 1.29 is 5.11 Å². The lowest BCUT2D eigenvalue weighted by atomic mass is 9.51. The van der Waals surface area contributed by atoms with Gasteiger partial charge in [0, 0.05) is 6.04 Å². The Morgan fingerprint density at radius 3 is 2.06 bits per heavy atom. The smallest absolute Gasteiger partial charge is 0.0582 e. The number of hydrogen-bond acceptors (Lipinski definition) is 2. The molecule has 0 amide bonds. The number of aliphatic hydroxyl groups is 1. The first-order chi connectivity index (χ1) is 7.76. The molecule has 2 nitrogen and oxygen atoms in total. The van der Waals surface area contributed by atoms with E-state index in [0.717, 1.165) is 36.0 Å². The summed E-state index contributed by atoms with van der Waals surface area (Å²) >= 11 is 0. The van der Waals surface area contributed by atoms with Crippen LogP contribution in [0.1, 0.15) is 44.9 Å². The third-order valence-electron chi connectivity index (χ3n) is 5.53. The molecule has 4 bridgehead atoms. The lowest BCUT2D eigenvalue weighted by molar-refractivity contribution is -0.0412. The third-order valence-corrected chi connectivity index (χ3v) is 5.53. The topological polar surface area (TPSA) is 46.2 Å². The van der Waals surface area contributed by atoms with E-state index in [9.17, 15) is 0 Å². The van der Waals surface area contributed by atoms with Gasteiger partial charge < -0.3 is 10.8 Å². The lowest BCUT2D eigenvalue weighted by Gasteiger charge is -2.54. The Kier molecular flexibility index (Phi) is 2.97. The van der Waals surface area contributed by atoms with Gasteiger partial charge in [0.2, 0.25) is 0 Å². The summed E-state index contributed by atoms with van der Waals surface area (Å²) in [4.78, 5) is 0. The molecule has 4 saturated carbocycles. The first-order valence-electron chi connectivity index (χ1n) is 7.12. The summed E-state index contributed by atoms with van der Waals surface area (Å²) in [7, 11) is 0. The minimum absolute atomic E-state index is 0.0252. The molecular formula is C14H25NO. The Balaban J connectivity index is 1.59. The molecule has 0 radical (unpaired) electrons. The quantitative estimate of drug-likeness (QED) is 0.767. The standard InChI is InChI=1S/C14H25NO/c15-13(8-16)1-2-14-11-4-9-3-10(6-11)7-12(14)5-9/h9-14,16H,1-8,15H2. The van der Waals surface area contributed by atoms with Crippen molar-refractivity contribution in [2.24, 2.45) is 35.3 Å². The van der Waals surface area contributed by atoms with Gasteiger partial charge in [-0.25, -0.2) is 0 Å². The minimum atomic E-state index is 0.0252. The molecule has 0 aliphatic heterocycles. The van der Waals surface area contributed by atoms with Gasteiger partial charge in [0.05, 0.1) is 6.61 Å². The Bertz CT molecular complexity index is 225. The predicted octanol–water partition coefficient (Wildman–Crippen LogP) is 2.16. The van der Waals surface area contributed by atoms with Gasteiger partial charge in [-0.15, -0.1) is 0 Å². The summed E-state index contributed by atoms with van der Waals surface area (Å²) < 4.78 is 0. The van der Waals surface area contributed by atoms with Crippen molar-refractivity contribution in [3.8, 4) is 0 Å². The van der Waals surface area contributed by atoms with Crippen LogP contribution in [0.4, 0.5) is 0 Å². The van der Waals surface area contributed by atoms with Crippen LogP contribution in [-0.4, -0.2) is 17.8 Å². The average Bonchev–Trinajstić information content (AvgIpc) is 2.26. The second-order valence-corrected chi connectivity index (χ2v) is 6.61. The zero-order valence-electron chi connectivity index (χ0n) is 10.1. The zero-order chi connectivity index (χ0) is 11.1. The molecule has 4 aliphatic rings. The van der Waals surface area contributed by atoms with Crippen LogP contribution < -0.4 is 5.73 Å². The van der Waals surface area contributed by atoms with E-state index >= 15 is 0 Å². The molecule has 0 aromatic rings. The van der Waals surface area contributed by atoms with E-state index in [0.29, 0.717) is 0 Å². The van der Waals surface area contributed by atoms with Gasteiger partial charge in [-0.2, -0.15) is 0 Å². The summed E-state index contributed by atoms with van der Waals surface area (Å²) in [5.74, 6) is 5.13. The SMILES string of the molecule is NC(CO)CCC1C2CC3CC(C2)CC1C3.